The van der Waals surface area contributed by atoms with E-state index in [2.05, 4.69) is 22.2 Å². The third-order valence-electron chi connectivity index (χ3n) is 5.61. The number of nitrogens with one attached hydrogen (secondary N) is 1. The molecule has 4 heterocycles. The van der Waals surface area contributed by atoms with Crippen molar-refractivity contribution >= 4 is 28.8 Å². The van der Waals surface area contributed by atoms with Crippen LogP contribution in [0.5, 0.6) is 0 Å². The smallest absolute Gasteiger partial charge is 0.319 e. The Kier molecular flexibility index (Phi) is 4.19. The predicted molar refractivity (Wildman–Crippen MR) is 112 cm³/mol. The summed E-state index contributed by atoms with van der Waals surface area (Å²) in [4.78, 5) is 29.7. The first-order valence-electron chi connectivity index (χ1n) is 10.1. The first kappa shape index (κ1) is 18.5. The Bertz CT molecular complexity index is 1140. The van der Waals surface area contributed by atoms with Gasteiger partial charge in [-0.2, -0.15) is 4.98 Å². The van der Waals surface area contributed by atoms with E-state index in [-0.39, 0.29) is 23.5 Å². The van der Waals surface area contributed by atoms with Crippen LogP contribution in [-0.2, 0) is 0 Å². The fourth-order valence-corrected chi connectivity index (χ4v) is 3.79. The summed E-state index contributed by atoms with van der Waals surface area (Å²) < 4.78 is 13.3. The molecule has 2 aliphatic heterocycles. The Morgan fingerprint density at radius 1 is 1.17 bits per heavy atom. The SMILES string of the molecule is CCCCNC(=O)N1CC12CN2c1nc(N)nc2ccc(-c3ccc(F)cc3)nc12. The number of halogens is 1. The van der Waals surface area contributed by atoms with E-state index in [1.807, 2.05) is 17.0 Å². The summed E-state index contributed by atoms with van der Waals surface area (Å²) in [6.45, 7) is 4.09. The Morgan fingerprint density at radius 3 is 2.73 bits per heavy atom. The van der Waals surface area contributed by atoms with Crippen molar-refractivity contribution in [2.24, 2.45) is 0 Å². The van der Waals surface area contributed by atoms with Crippen molar-refractivity contribution in [2.45, 2.75) is 25.4 Å². The minimum absolute atomic E-state index is 0.0581. The number of nitrogens with zero attached hydrogens (tertiary/aromatic N) is 5. The van der Waals surface area contributed by atoms with Crippen LogP contribution in [-0.4, -0.2) is 51.2 Å². The second-order valence-corrected chi connectivity index (χ2v) is 7.72. The number of nitrogen functional groups attached to an aromatic ring is 1. The van der Waals surface area contributed by atoms with E-state index >= 15 is 0 Å². The molecule has 30 heavy (non-hydrogen) atoms. The molecule has 2 saturated heterocycles. The van der Waals surface area contributed by atoms with Crippen LogP contribution in [0, 0.1) is 5.82 Å². The van der Waals surface area contributed by atoms with Gasteiger partial charge in [-0.1, -0.05) is 13.3 Å². The van der Waals surface area contributed by atoms with Gasteiger partial charge in [-0.15, -0.1) is 0 Å². The maximum absolute atomic E-state index is 13.3. The molecule has 0 saturated carbocycles. The second kappa shape index (κ2) is 6.79. The van der Waals surface area contributed by atoms with Gasteiger partial charge in [0.05, 0.1) is 24.3 Å². The van der Waals surface area contributed by atoms with Gasteiger partial charge in [0.15, 0.2) is 11.5 Å². The lowest BCUT2D eigenvalue weighted by atomic mass is 10.1. The molecular weight excluding hydrogens is 385 g/mol. The Balaban J connectivity index is 1.44. The summed E-state index contributed by atoms with van der Waals surface area (Å²) in [6, 6.07) is 9.78. The van der Waals surface area contributed by atoms with Crippen molar-refractivity contribution in [3.8, 4) is 11.3 Å². The summed E-state index contributed by atoms with van der Waals surface area (Å²) in [6.07, 6.45) is 1.99. The Labute approximate surface area is 172 Å². The number of amides is 2. The number of nitrogens with two attached hydrogens (primary N) is 1. The minimum atomic E-state index is -0.336. The molecule has 1 unspecified atom stereocenters. The Hall–Kier alpha value is -3.49. The normalized spacial score (nSPS) is 19.4. The standard InChI is InChI=1S/C21H22FN7O/c1-2-3-10-24-20(30)29-12-21(29)11-28(21)18-17-16(26-19(23)27-18)9-8-15(25-17)13-4-6-14(22)7-5-13/h4-9H,2-3,10-12H2,1H3,(H,24,30)(H2,23,26,27). The van der Waals surface area contributed by atoms with Gasteiger partial charge in [-0.3, -0.25) is 4.90 Å². The van der Waals surface area contributed by atoms with Crippen molar-refractivity contribution in [1.82, 2.24) is 25.2 Å². The first-order chi connectivity index (χ1) is 14.5. The van der Waals surface area contributed by atoms with Crippen LogP contribution in [0.4, 0.5) is 21.0 Å². The number of carbonyl (C=O) groups excluding carboxylic acids is 1. The zero-order valence-electron chi connectivity index (χ0n) is 16.6. The molecule has 0 aliphatic carbocycles. The number of hydrogen-bond donors (Lipinski definition) is 2. The van der Waals surface area contributed by atoms with Crippen LogP contribution < -0.4 is 16.0 Å². The monoisotopic (exact) mass is 407 g/mol. The van der Waals surface area contributed by atoms with Gasteiger partial charge >= 0.3 is 6.03 Å². The van der Waals surface area contributed by atoms with Crippen LogP contribution in [0.25, 0.3) is 22.3 Å². The van der Waals surface area contributed by atoms with E-state index in [1.54, 1.807) is 17.0 Å². The van der Waals surface area contributed by atoms with Gasteiger partial charge in [0.2, 0.25) is 5.95 Å². The zero-order valence-corrected chi connectivity index (χ0v) is 16.6. The average Bonchev–Trinajstić information content (AvgIpc) is 3.65. The molecule has 154 valence electrons. The highest BCUT2D eigenvalue weighted by Crippen LogP contribution is 2.52. The van der Waals surface area contributed by atoms with Crippen molar-refractivity contribution in [1.29, 1.82) is 0 Å². The maximum Gasteiger partial charge on any atom is 0.319 e. The largest absolute Gasteiger partial charge is 0.368 e. The zero-order chi connectivity index (χ0) is 20.9. The van der Waals surface area contributed by atoms with Crippen LogP contribution in [0.15, 0.2) is 36.4 Å². The number of carbonyl (C=O) groups is 1. The van der Waals surface area contributed by atoms with Gasteiger partial charge in [-0.25, -0.2) is 19.2 Å². The summed E-state index contributed by atoms with van der Waals surface area (Å²) >= 11 is 0. The number of fused-ring (bicyclic) bond motifs is 1. The summed E-state index contributed by atoms with van der Waals surface area (Å²) in [7, 11) is 0. The average molecular weight is 407 g/mol. The van der Waals surface area contributed by atoms with Crippen molar-refractivity contribution in [2.75, 3.05) is 30.3 Å². The molecule has 0 bridgehead atoms. The lowest BCUT2D eigenvalue weighted by molar-refractivity contribution is 0.226. The topological polar surface area (TPSA) is 99.8 Å². The molecule has 9 heteroatoms. The quantitative estimate of drug-likeness (QED) is 0.498. The van der Waals surface area contributed by atoms with Crippen LogP contribution in [0.1, 0.15) is 19.8 Å². The van der Waals surface area contributed by atoms with Gasteiger partial charge < -0.3 is 16.0 Å². The highest BCUT2D eigenvalue weighted by atomic mass is 19.1. The number of benzene rings is 1. The van der Waals surface area contributed by atoms with Gasteiger partial charge in [-0.05, 0) is 42.8 Å². The number of aromatic nitrogens is 3. The number of hydrogen-bond acceptors (Lipinski definition) is 6. The molecule has 2 aliphatic rings. The van der Waals surface area contributed by atoms with Gasteiger partial charge in [0, 0.05) is 12.1 Å². The fraction of sp³-hybridized carbons (Fsp3) is 0.333. The van der Waals surface area contributed by atoms with Gasteiger partial charge in [0.25, 0.3) is 0 Å². The molecule has 3 N–H and O–H groups in total. The second-order valence-electron chi connectivity index (χ2n) is 7.72. The van der Waals surface area contributed by atoms with E-state index in [0.29, 0.717) is 42.2 Å². The minimum Gasteiger partial charge on any atom is -0.368 e. The lowest BCUT2D eigenvalue weighted by Crippen LogP contribution is -2.31. The highest BCUT2D eigenvalue weighted by Gasteiger charge is 2.72. The van der Waals surface area contributed by atoms with Crippen LogP contribution in [0.2, 0.25) is 0 Å². The fourth-order valence-electron chi connectivity index (χ4n) is 3.79. The molecule has 2 aromatic heterocycles. The van der Waals surface area contributed by atoms with E-state index in [0.717, 1.165) is 18.4 Å². The van der Waals surface area contributed by atoms with Crippen molar-refractivity contribution in [3.63, 3.8) is 0 Å². The van der Waals surface area contributed by atoms with Crippen molar-refractivity contribution < 1.29 is 9.18 Å². The van der Waals surface area contributed by atoms with Crippen molar-refractivity contribution in [3.05, 3.63) is 42.2 Å². The van der Waals surface area contributed by atoms with E-state index in [1.165, 1.54) is 12.1 Å². The van der Waals surface area contributed by atoms with Crippen LogP contribution >= 0.6 is 0 Å². The third kappa shape index (κ3) is 3.06. The van der Waals surface area contributed by atoms with E-state index < -0.39 is 0 Å². The molecule has 0 radical (unpaired) electrons. The maximum atomic E-state index is 13.3. The number of pyridine rings is 1. The summed E-state index contributed by atoms with van der Waals surface area (Å²) in [5.74, 6) is 0.481. The molecule has 8 nitrogen and oxygen atoms in total. The Morgan fingerprint density at radius 2 is 1.97 bits per heavy atom. The van der Waals surface area contributed by atoms with Crippen LogP contribution in [0.3, 0.4) is 0 Å². The number of unbranched alkanes of at least 4 members (excludes halogenated alkanes) is 1. The highest BCUT2D eigenvalue weighted by molar-refractivity contribution is 5.92. The van der Waals surface area contributed by atoms with E-state index in [9.17, 15) is 9.18 Å². The molecule has 3 aromatic rings. The molecule has 5 rings (SSSR count). The molecular formula is C21H22FN7O. The summed E-state index contributed by atoms with van der Waals surface area (Å²) in [5, 5.41) is 2.95. The molecule has 1 aromatic carbocycles. The molecule has 2 fully saturated rings. The summed E-state index contributed by atoms with van der Waals surface area (Å²) in [5.41, 5.74) is 8.32. The molecule has 1 spiro atoms. The number of rotatable bonds is 5. The third-order valence-corrected chi connectivity index (χ3v) is 5.61. The first-order valence-corrected chi connectivity index (χ1v) is 10.1. The molecule has 1 atom stereocenters. The number of urea groups is 1. The van der Waals surface area contributed by atoms with E-state index in [4.69, 9.17) is 10.7 Å². The molecule has 2 amide bonds. The number of anilines is 2. The lowest BCUT2D eigenvalue weighted by Gasteiger charge is -2.11. The van der Waals surface area contributed by atoms with Gasteiger partial charge in [0.1, 0.15) is 11.3 Å². The predicted octanol–water partition coefficient (Wildman–Crippen LogP) is 2.75.